The lowest BCUT2D eigenvalue weighted by Crippen LogP contribution is -2.45. The standard InChI is InChI=1S/C25H32N4O4/c1-4-22(28(14-16-32-2)25(31)26-18-19-10-6-5-7-11-19)23-27-21-13-9-8-12-20(21)24(30)29(23)15-17-33-3/h5-13,22H,4,14-18H2,1-3H3,(H,26,31). The van der Waals surface area contributed by atoms with Crippen LogP contribution in [0.4, 0.5) is 4.79 Å². The lowest BCUT2D eigenvalue weighted by molar-refractivity contribution is 0.122. The number of ether oxygens (including phenoxy) is 2. The molecule has 2 amide bonds. The number of aromatic nitrogens is 2. The molecule has 8 heteroatoms. The van der Waals surface area contributed by atoms with E-state index in [0.29, 0.717) is 56.0 Å². The summed E-state index contributed by atoms with van der Waals surface area (Å²) in [5.74, 6) is 0.546. The maximum absolute atomic E-state index is 13.3. The molecule has 0 spiro atoms. The fourth-order valence-electron chi connectivity index (χ4n) is 3.84. The Morgan fingerprint density at radius 2 is 1.76 bits per heavy atom. The monoisotopic (exact) mass is 452 g/mol. The molecule has 2 aromatic carbocycles. The highest BCUT2D eigenvalue weighted by atomic mass is 16.5. The molecule has 1 heterocycles. The maximum Gasteiger partial charge on any atom is 0.318 e. The molecule has 0 saturated carbocycles. The predicted octanol–water partition coefficient (Wildman–Crippen LogP) is 3.35. The van der Waals surface area contributed by atoms with Crippen LogP contribution < -0.4 is 10.9 Å². The van der Waals surface area contributed by atoms with Crippen molar-refractivity contribution in [3.63, 3.8) is 0 Å². The molecule has 0 saturated heterocycles. The first kappa shape index (κ1) is 24.4. The second-order valence-corrected chi connectivity index (χ2v) is 7.69. The van der Waals surface area contributed by atoms with Crippen molar-refractivity contribution in [2.45, 2.75) is 32.5 Å². The number of carbonyl (C=O) groups is 1. The lowest BCUT2D eigenvalue weighted by atomic mass is 10.1. The number of nitrogens with zero attached hydrogens (tertiary/aromatic N) is 3. The van der Waals surface area contributed by atoms with Crippen LogP contribution in [0.15, 0.2) is 59.4 Å². The molecule has 33 heavy (non-hydrogen) atoms. The van der Waals surface area contributed by atoms with Crippen LogP contribution >= 0.6 is 0 Å². The Bertz CT molecular complexity index is 1100. The molecule has 0 aliphatic rings. The van der Waals surface area contributed by atoms with E-state index in [1.807, 2.05) is 55.5 Å². The maximum atomic E-state index is 13.3. The van der Waals surface area contributed by atoms with Crippen LogP contribution in [0.1, 0.15) is 30.8 Å². The molecule has 176 valence electrons. The van der Waals surface area contributed by atoms with E-state index in [-0.39, 0.29) is 11.6 Å². The van der Waals surface area contributed by atoms with Crippen molar-refractivity contribution in [3.05, 3.63) is 76.3 Å². The van der Waals surface area contributed by atoms with Crippen molar-refractivity contribution >= 4 is 16.9 Å². The van der Waals surface area contributed by atoms with Gasteiger partial charge in [-0.3, -0.25) is 9.36 Å². The number of nitrogens with one attached hydrogen (secondary N) is 1. The fourth-order valence-corrected chi connectivity index (χ4v) is 3.84. The Morgan fingerprint density at radius 3 is 2.45 bits per heavy atom. The molecule has 1 unspecified atom stereocenters. The molecule has 0 aliphatic heterocycles. The zero-order chi connectivity index (χ0) is 23.6. The summed E-state index contributed by atoms with van der Waals surface area (Å²) in [5, 5.41) is 3.54. The first-order valence-corrected chi connectivity index (χ1v) is 11.2. The molecule has 0 radical (unpaired) electrons. The van der Waals surface area contributed by atoms with Gasteiger partial charge in [0.15, 0.2) is 0 Å². The minimum absolute atomic E-state index is 0.137. The third kappa shape index (κ3) is 5.97. The average Bonchev–Trinajstić information content (AvgIpc) is 2.85. The summed E-state index contributed by atoms with van der Waals surface area (Å²) in [6.07, 6.45) is 0.584. The normalized spacial score (nSPS) is 12.0. The van der Waals surface area contributed by atoms with E-state index in [0.717, 1.165) is 5.56 Å². The molecule has 8 nitrogen and oxygen atoms in total. The molecule has 0 bridgehead atoms. The van der Waals surface area contributed by atoms with Crippen LogP contribution in [0, 0.1) is 0 Å². The van der Waals surface area contributed by atoms with Gasteiger partial charge in [-0.25, -0.2) is 9.78 Å². The number of hydrogen-bond acceptors (Lipinski definition) is 5. The largest absolute Gasteiger partial charge is 0.383 e. The predicted molar refractivity (Wildman–Crippen MR) is 128 cm³/mol. The second-order valence-electron chi connectivity index (χ2n) is 7.69. The van der Waals surface area contributed by atoms with Gasteiger partial charge >= 0.3 is 6.03 Å². The topological polar surface area (TPSA) is 85.7 Å². The summed E-state index contributed by atoms with van der Waals surface area (Å²) in [4.78, 5) is 33.1. The molecule has 1 N–H and O–H groups in total. The smallest absolute Gasteiger partial charge is 0.318 e. The number of rotatable bonds is 11. The number of hydrogen-bond donors (Lipinski definition) is 1. The van der Waals surface area contributed by atoms with Crippen LogP contribution in [0.2, 0.25) is 0 Å². The van der Waals surface area contributed by atoms with Gasteiger partial charge < -0.3 is 19.7 Å². The quantitative estimate of drug-likeness (QED) is 0.482. The van der Waals surface area contributed by atoms with Crippen molar-refractivity contribution in [1.82, 2.24) is 19.8 Å². The Labute approximate surface area is 194 Å². The van der Waals surface area contributed by atoms with E-state index in [9.17, 15) is 9.59 Å². The van der Waals surface area contributed by atoms with Crippen molar-refractivity contribution in [1.29, 1.82) is 0 Å². The first-order chi connectivity index (χ1) is 16.1. The number of carbonyl (C=O) groups excluding carboxylic acids is 1. The van der Waals surface area contributed by atoms with Gasteiger partial charge in [0, 0.05) is 27.3 Å². The lowest BCUT2D eigenvalue weighted by Gasteiger charge is -2.32. The van der Waals surface area contributed by atoms with Crippen LogP contribution in [0.5, 0.6) is 0 Å². The van der Waals surface area contributed by atoms with Gasteiger partial charge in [-0.05, 0) is 24.1 Å². The Balaban J connectivity index is 1.99. The second kappa shape index (κ2) is 12.1. The van der Waals surface area contributed by atoms with E-state index < -0.39 is 6.04 Å². The SMILES string of the molecule is CCC(c1nc2ccccc2c(=O)n1CCOC)N(CCOC)C(=O)NCc1ccccc1. The van der Waals surface area contributed by atoms with Gasteiger partial charge in [0.1, 0.15) is 5.82 Å². The summed E-state index contributed by atoms with van der Waals surface area (Å²) >= 11 is 0. The minimum Gasteiger partial charge on any atom is -0.383 e. The van der Waals surface area contributed by atoms with E-state index in [1.165, 1.54) is 0 Å². The molecule has 0 fully saturated rings. The molecular formula is C25H32N4O4. The number of amides is 2. The van der Waals surface area contributed by atoms with Gasteiger partial charge in [-0.1, -0.05) is 49.4 Å². The van der Waals surface area contributed by atoms with Crippen molar-refractivity contribution in [3.8, 4) is 0 Å². The number of fused-ring (bicyclic) bond motifs is 1. The van der Waals surface area contributed by atoms with Gasteiger partial charge in [-0.2, -0.15) is 0 Å². The molecule has 3 rings (SSSR count). The van der Waals surface area contributed by atoms with Crippen LogP contribution in [0.25, 0.3) is 10.9 Å². The summed E-state index contributed by atoms with van der Waals surface area (Å²) in [7, 11) is 3.20. The molecule has 0 aliphatic carbocycles. The zero-order valence-electron chi connectivity index (χ0n) is 19.5. The highest BCUT2D eigenvalue weighted by Crippen LogP contribution is 2.24. The van der Waals surface area contributed by atoms with E-state index in [2.05, 4.69) is 5.32 Å². The van der Waals surface area contributed by atoms with E-state index in [4.69, 9.17) is 14.5 Å². The van der Waals surface area contributed by atoms with E-state index in [1.54, 1.807) is 29.8 Å². The summed E-state index contributed by atoms with van der Waals surface area (Å²) in [6.45, 7) is 3.83. The molecule has 1 atom stereocenters. The summed E-state index contributed by atoms with van der Waals surface area (Å²) < 4.78 is 12.1. The molecule has 3 aromatic rings. The Morgan fingerprint density at radius 1 is 1.06 bits per heavy atom. The van der Waals surface area contributed by atoms with Crippen molar-refractivity contribution < 1.29 is 14.3 Å². The Hall–Kier alpha value is -3.23. The van der Waals surface area contributed by atoms with Crippen LogP contribution in [-0.2, 0) is 22.6 Å². The minimum atomic E-state index is -0.412. The third-order valence-corrected chi connectivity index (χ3v) is 5.55. The number of para-hydroxylation sites is 1. The summed E-state index contributed by atoms with van der Waals surface area (Å²) in [5.41, 5.74) is 1.48. The number of urea groups is 1. The van der Waals surface area contributed by atoms with Crippen LogP contribution in [0.3, 0.4) is 0 Å². The van der Waals surface area contributed by atoms with Crippen molar-refractivity contribution in [2.75, 3.05) is 34.0 Å². The average molecular weight is 453 g/mol. The van der Waals surface area contributed by atoms with E-state index >= 15 is 0 Å². The van der Waals surface area contributed by atoms with Gasteiger partial charge in [-0.15, -0.1) is 0 Å². The first-order valence-electron chi connectivity index (χ1n) is 11.2. The zero-order valence-corrected chi connectivity index (χ0v) is 19.5. The third-order valence-electron chi connectivity index (χ3n) is 5.55. The van der Waals surface area contributed by atoms with Gasteiger partial charge in [0.25, 0.3) is 5.56 Å². The Kier molecular flexibility index (Phi) is 8.97. The van der Waals surface area contributed by atoms with Crippen molar-refractivity contribution in [2.24, 2.45) is 0 Å². The fraction of sp³-hybridized carbons (Fsp3) is 0.400. The number of methoxy groups -OCH3 is 2. The van der Waals surface area contributed by atoms with Crippen LogP contribution in [-0.4, -0.2) is 54.5 Å². The molecule has 1 aromatic heterocycles. The van der Waals surface area contributed by atoms with Gasteiger partial charge in [0.2, 0.25) is 0 Å². The summed E-state index contributed by atoms with van der Waals surface area (Å²) in [6, 6.07) is 16.4. The van der Waals surface area contributed by atoms with Gasteiger partial charge in [0.05, 0.1) is 36.7 Å². The molecular weight excluding hydrogens is 420 g/mol. The highest BCUT2D eigenvalue weighted by Gasteiger charge is 2.28. The number of benzene rings is 2. The highest BCUT2D eigenvalue weighted by molar-refractivity contribution is 5.78.